The second-order valence-electron chi connectivity index (χ2n) is 8.61. The van der Waals surface area contributed by atoms with Gasteiger partial charge in [-0.2, -0.15) is 0 Å². The second kappa shape index (κ2) is 7.85. The predicted octanol–water partition coefficient (Wildman–Crippen LogP) is 3.77. The molecular weight excluding hydrogens is 494 g/mol. The lowest BCUT2D eigenvalue weighted by Crippen LogP contribution is -2.72. The van der Waals surface area contributed by atoms with Crippen molar-refractivity contribution >= 4 is 37.6 Å². The average molecular weight is 518 g/mol. The molecule has 168 valence electrons. The molecule has 1 amide bonds. The Morgan fingerprint density at radius 2 is 1.62 bits per heavy atom. The summed E-state index contributed by atoms with van der Waals surface area (Å²) >= 11 is 3.33. The summed E-state index contributed by atoms with van der Waals surface area (Å²) in [6, 6.07) is 17.2. The van der Waals surface area contributed by atoms with Crippen molar-refractivity contribution in [2.75, 3.05) is 0 Å². The number of carbonyl (C=O) groups excluding carboxylic acids is 2. The number of benzene rings is 2. The van der Waals surface area contributed by atoms with E-state index in [0.717, 1.165) is 16.0 Å². The first kappa shape index (κ1) is 22.7. The van der Waals surface area contributed by atoms with Crippen molar-refractivity contribution in [3.8, 4) is 0 Å². The van der Waals surface area contributed by atoms with Crippen molar-refractivity contribution in [1.29, 1.82) is 0 Å². The number of carbonyl (C=O) groups is 2. The number of amides is 1. The number of esters is 1. The van der Waals surface area contributed by atoms with E-state index in [1.165, 1.54) is 19.9 Å². The highest BCUT2D eigenvalue weighted by molar-refractivity contribution is 9.10. The Hall–Kier alpha value is -2.45. The summed E-state index contributed by atoms with van der Waals surface area (Å²) in [4.78, 5) is 27.7. The standard InChI is InChI=1S/C24H24BrNO5S/c1-4-15-24(25)21(28)26-19(23(2,3)32(29,30)22(24)26)20(27)31-18(16-11-7-5-8-12-16)17-13-9-6-10-14-17/h4-14,18-19,22H,1,15H2,2-3H3/t19-,22+,24+/m0/s1. The molecule has 2 aliphatic rings. The van der Waals surface area contributed by atoms with E-state index in [-0.39, 0.29) is 6.42 Å². The Morgan fingerprint density at radius 3 is 2.09 bits per heavy atom. The Labute approximate surface area is 196 Å². The third kappa shape index (κ3) is 3.15. The summed E-state index contributed by atoms with van der Waals surface area (Å²) < 4.78 is 29.9. The highest BCUT2D eigenvalue weighted by Gasteiger charge is 2.77. The summed E-state index contributed by atoms with van der Waals surface area (Å²) in [6.07, 6.45) is 0.903. The largest absolute Gasteiger partial charge is 0.451 e. The van der Waals surface area contributed by atoms with E-state index in [2.05, 4.69) is 22.5 Å². The van der Waals surface area contributed by atoms with E-state index in [9.17, 15) is 18.0 Å². The van der Waals surface area contributed by atoms with E-state index in [1.807, 2.05) is 60.7 Å². The summed E-state index contributed by atoms with van der Waals surface area (Å²) in [5.74, 6) is -1.20. The summed E-state index contributed by atoms with van der Waals surface area (Å²) in [5.41, 5.74) is 1.50. The number of sulfone groups is 1. The van der Waals surface area contributed by atoms with E-state index in [4.69, 9.17) is 4.74 Å². The molecule has 8 heteroatoms. The quantitative estimate of drug-likeness (QED) is 0.252. The maximum atomic E-state index is 13.5. The molecule has 2 aromatic rings. The molecule has 4 rings (SSSR count). The van der Waals surface area contributed by atoms with Crippen LogP contribution in [0.2, 0.25) is 0 Å². The van der Waals surface area contributed by atoms with Gasteiger partial charge in [-0.05, 0) is 31.4 Å². The molecule has 0 N–H and O–H groups in total. The third-order valence-corrected chi connectivity index (χ3v) is 10.6. The Morgan fingerprint density at radius 1 is 1.12 bits per heavy atom. The number of nitrogens with zero attached hydrogens (tertiary/aromatic N) is 1. The first-order valence-electron chi connectivity index (χ1n) is 10.2. The Bertz CT molecular complexity index is 1130. The van der Waals surface area contributed by atoms with Crippen molar-refractivity contribution in [2.24, 2.45) is 0 Å². The minimum atomic E-state index is -3.88. The molecule has 3 atom stereocenters. The fourth-order valence-corrected chi connectivity index (χ4v) is 8.26. The molecule has 2 aromatic carbocycles. The minimum Gasteiger partial charge on any atom is -0.451 e. The molecule has 0 spiro atoms. The van der Waals surface area contributed by atoms with Crippen LogP contribution in [-0.4, -0.2) is 45.7 Å². The van der Waals surface area contributed by atoms with Crippen LogP contribution >= 0.6 is 15.9 Å². The summed E-state index contributed by atoms with van der Waals surface area (Å²) in [7, 11) is -3.88. The van der Waals surface area contributed by atoms with Crippen molar-refractivity contribution in [2.45, 2.75) is 46.9 Å². The number of halogens is 1. The number of β-lactam (4-membered cyclic amide) rings is 1. The first-order valence-corrected chi connectivity index (χ1v) is 12.6. The van der Waals surface area contributed by atoms with Gasteiger partial charge in [-0.15, -0.1) is 6.58 Å². The van der Waals surface area contributed by atoms with Crippen LogP contribution in [-0.2, 0) is 24.2 Å². The molecule has 32 heavy (non-hydrogen) atoms. The zero-order valence-electron chi connectivity index (χ0n) is 17.8. The lowest BCUT2D eigenvalue weighted by Gasteiger charge is -2.48. The van der Waals surface area contributed by atoms with Crippen LogP contribution in [0.25, 0.3) is 0 Å². The number of hydrogen-bond donors (Lipinski definition) is 0. The zero-order valence-corrected chi connectivity index (χ0v) is 20.2. The highest BCUT2D eigenvalue weighted by atomic mass is 79.9. The minimum absolute atomic E-state index is 0.140. The van der Waals surface area contributed by atoms with Gasteiger partial charge in [0.1, 0.15) is 15.1 Å². The average Bonchev–Trinajstić information content (AvgIpc) is 2.93. The summed E-state index contributed by atoms with van der Waals surface area (Å²) in [5, 5.41) is -1.15. The number of rotatable bonds is 6. The van der Waals surface area contributed by atoms with E-state index in [0.29, 0.717) is 0 Å². The molecule has 2 saturated heterocycles. The Balaban J connectivity index is 1.72. The second-order valence-corrected chi connectivity index (χ2v) is 12.6. The highest BCUT2D eigenvalue weighted by Crippen LogP contribution is 2.55. The molecular formula is C24H24BrNO5S. The zero-order chi connectivity index (χ0) is 23.3. The Kier molecular flexibility index (Phi) is 5.57. The van der Waals surface area contributed by atoms with Crippen LogP contribution in [0.4, 0.5) is 0 Å². The van der Waals surface area contributed by atoms with Crippen LogP contribution in [0, 0.1) is 0 Å². The van der Waals surface area contributed by atoms with Crippen LogP contribution in [0.3, 0.4) is 0 Å². The van der Waals surface area contributed by atoms with Gasteiger partial charge in [-0.3, -0.25) is 4.79 Å². The lowest BCUT2D eigenvalue weighted by atomic mass is 9.89. The fraction of sp³-hybridized carbons (Fsp3) is 0.333. The van der Waals surface area contributed by atoms with Crippen LogP contribution < -0.4 is 0 Å². The molecule has 6 nitrogen and oxygen atoms in total. The van der Waals surface area contributed by atoms with Gasteiger partial charge in [0.15, 0.2) is 21.3 Å². The number of ether oxygens (including phenoxy) is 1. The fourth-order valence-electron chi connectivity index (χ4n) is 4.57. The molecule has 2 heterocycles. The van der Waals surface area contributed by atoms with Crippen LogP contribution in [0.15, 0.2) is 73.3 Å². The lowest BCUT2D eigenvalue weighted by molar-refractivity contribution is -0.166. The number of fused-ring (bicyclic) bond motifs is 1. The van der Waals surface area contributed by atoms with Gasteiger partial charge in [0.05, 0.1) is 0 Å². The van der Waals surface area contributed by atoms with Gasteiger partial charge in [0, 0.05) is 0 Å². The molecule has 2 fully saturated rings. The van der Waals surface area contributed by atoms with E-state index < -0.39 is 48.3 Å². The van der Waals surface area contributed by atoms with Crippen LogP contribution in [0.5, 0.6) is 0 Å². The van der Waals surface area contributed by atoms with Gasteiger partial charge < -0.3 is 9.64 Å². The van der Waals surface area contributed by atoms with Gasteiger partial charge in [0.2, 0.25) is 5.91 Å². The van der Waals surface area contributed by atoms with E-state index in [1.54, 1.807) is 0 Å². The molecule has 0 unspecified atom stereocenters. The molecule has 0 aliphatic carbocycles. The topological polar surface area (TPSA) is 80.8 Å². The molecule has 0 bridgehead atoms. The molecule has 0 aromatic heterocycles. The van der Waals surface area contributed by atoms with Crippen molar-refractivity contribution in [3.63, 3.8) is 0 Å². The maximum absolute atomic E-state index is 13.5. The normalized spacial score (nSPS) is 27.5. The van der Waals surface area contributed by atoms with Crippen molar-refractivity contribution < 1.29 is 22.7 Å². The van der Waals surface area contributed by atoms with Crippen molar-refractivity contribution in [1.82, 2.24) is 4.90 Å². The number of alkyl halides is 1. The third-order valence-electron chi connectivity index (χ3n) is 6.30. The summed E-state index contributed by atoms with van der Waals surface area (Å²) in [6.45, 7) is 6.58. The molecule has 0 saturated carbocycles. The van der Waals surface area contributed by atoms with Crippen molar-refractivity contribution in [3.05, 3.63) is 84.4 Å². The van der Waals surface area contributed by atoms with Gasteiger partial charge >= 0.3 is 5.97 Å². The van der Waals surface area contributed by atoms with Gasteiger partial charge in [-0.1, -0.05) is 82.7 Å². The monoisotopic (exact) mass is 517 g/mol. The SMILES string of the molecule is C=CC[C@@]1(Br)C(=O)N2[C@@H](C(=O)OC(c3ccccc3)c3ccccc3)C(C)(C)S(=O)(=O)[C@@H]21. The molecule has 0 radical (unpaired) electrons. The maximum Gasteiger partial charge on any atom is 0.331 e. The molecule has 2 aliphatic heterocycles. The van der Waals surface area contributed by atoms with Gasteiger partial charge in [0.25, 0.3) is 0 Å². The van der Waals surface area contributed by atoms with Crippen LogP contribution in [0.1, 0.15) is 37.5 Å². The smallest absolute Gasteiger partial charge is 0.331 e. The number of allylic oxidation sites excluding steroid dienone is 1. The predicted molar refractivity (Wildman–Crippen MR) is 125 cm³/mol. The van der Waals surface area contributed by atoms with Gasteiger partial charge in [-0.25, -0.2) is 13.2 Å². The van der Waals surface area contributed by atoms with E-state index >= 15 is 0 Å². The number of hydrogen-bond acceptors (Lipinski definition) is 5. The first-order chi connectivity index (χ1) is 15.1.